The Morgan fingerprint density at radius 3 is 2.73 bits per heavy atom. The first-order valence-electron chi connectivity index (χ1n) is 4.97. The normalized spacial score (nSPS) is 15.1. The molecule has 0 aliphatic rings. The van der Waals surface area contributed by atoms with E-state index < -0.39 is 6.10 Å². The van der Waals surface area contributed by atoms with Gasteiger partial charge in [-0.05, 0) is 18.6 Å². The molecular weight excluding hydrogens is 188 g/mol. The molecule has 2 rings (SSSR count). The third kappa shape index (κ3) is 1.84. The highest BCUT2D eigenvalue weighted by molar-refractivity contribution is 5.82. The van der Waals surface area contributed by atoms with Gasteiger partial charge in [0.25, 0.3) is 0 Å². The van der Waals surface area contributed by atoms with Crippen molar-refractivity contribution in [2.24, 2.45) is 5.73 Å². The van der Waals surface area contributed by atoms with Gasteiger partial charge in [0, 0.05) is 11.6 Å². The SMILES string of the molecule is C[C@@H](O)[C@H](N)c1cccc2cccnc12. The molecule has 0 amide bonds. The highest BCUT2D eigenvalue weighted by Gasteiger charge is 2.14. The van der Waals surface area contributed by atoms with Crippen molar-refractivity contribution in [3.63, 3.8) is 0 Å². The van der Waals surface area contributed by atoms with Crippen molar-refractivity contribution in [1.29, 1.82) is 0 Å². The Labute approximate surface area is 88.6 Å². The second-order valence-electron chi connectivity index (χ2n) is 3.69. The molecule has 0 saturated heterocycles. The van der Waals surface area contributed by atoms with Crippen molar-refractivity contribution in [2.45, 2.75) is 19.1 Å². The van der Waals surface area contributed by atoms with E-state index in [9.17, 15) is 5.11 Å². The van der Waals surface area contributed by atoms with E-state index in [1.165, 1.54) is 0 Å². The highest BCUT2D eigenvalue weighted by Crippen LogP contribution is 2.22. The van der Waals surface area contributed by atoms with Crippen LogP contribution in [0.1, 0.15) is 18.5 Å². The number of para-hydroxylation sites is 1. The summed E-state index contributed by atoms with van der Waals surface area (Å²) < 4.78 is 0. The van der Waals surface area contributed by atoms with Crippen LogP contribution < -0.4 is 5.73 Å². The summed E-state index contributed by atoms with van der Waals surface area (Å²) in [7, 11) is 0. The minimum atomic E-state index is -0.572. The third-order valence-electron chi connectivity index (χ3n) is 2.54. The molecule has 0 aliphatic carbocycles. The molecule has 0 aliphatic heterocycles. The number of aliphatic hydroxyl groups is 1. The molecule has 0 saturated carbocycles. The van der Waals surface area contributed by atoms with Crippen molar-refractivity contribution in [1.82, 2.24) is 4.98 Å². The zero-order chi connectivity index (χ0) is 10.8. The highest BCUT2D eigenvalue weighted by atomic mass is 16.3. The van der Waals surface area contributed by atoms with Gasteiger partial charge in [-0.15, -0.1) is 0 Å². The zero-order valence-corrected chi connectivity index (χ0v) is 8.59. The fraction of sp³-hybridized carbons (Fsp3) is 0.250. The summed E-state index contributed by atoms with van der Waals surface area (Å²) in [5, 5.41) is 10.5. The number of pyridine rings is 1. The molecule has 1 heterocycles. The summed E-state index contributed by atoms with van der Waals surface area (Å²) in [6.07, 6.45) is 1.17. The maximum absolute atomic E-state index is 9.48. The molecule has 3 nitrogen and oxygen atoms in total. The summed E-state index contributed by atoms with van der Waals surface area (Å²) in [6.45, 7) is 1.69. The van der Waals surface area contributed by atoms with Gasteiger partial charge in [0.15, 0.2) is 0 Å². The van der Waals surface area contributed by atoms with Crippen LogP contribution in [0.3, 0.4) is 0 Å². The fourth-order valence-corrected chi connectivity index (χ4v) is 1.66. The van der Waals surface area contributed by atoms with Crippen molar-refractivity contribution < 1.29 is 5.11 Å². The second kappa shape index (κ2) is 3.96. The van der Waals surface area contributed by atoms with Gasteiger partial charge in [0.1, 0.15) is 0 Å². The Morgan fingerprint density at radius 1 is 1.27 bits per heavy atom. The summed E-state index contributed by atoms with van der Waals surface area (Å²) in [4.78, 5) is 4.29. The Balaban J connectivity index is 2.60. The number of fused-ring (bicyclic) bond motifs is 1. The molecule has 1 aromatic carbocycles. The topological polar surface area (TPSA) is 59.1 Å². The molecule has 2 atom stereocenters. The molecule has 1 aromatic heterocycles. The van der Waals surface area contributed by atoms with Crippen LogP contribution in [0.5, 0.6) is 0 Å². The van der Waals surface area contributed by atoms with E-state index in [1.807, 2.05) is 30.3 Å². The van der Waals surface area contributed by atoms with Gasteiger partial charge in [0.2, 0.25) is 0 Å². The smallest absolute Gasteiger partial charge is 0.0750 e. The number of rotatable bonds is 2. The number of nitrogens with zero attached hydrogens (tertiary/aromatic N) is 1. The Kier molecular flexibility index (Phi) is 2.66. The number of aromatic nitrogens is 1. The lowest BCUT2D eigenvalue weighted by Crippen LogP contribution is -2.23. The summed E-state index contributed by atoms with van der Waals surface area (Å²) in [5.41, 5.74) is 7.67. The fourth-order valence-electron chi connectivity index (χ4n) is 1.66. The molecule has 2 aromatic rings. The number of nitrogens with two attached hydrogens (primary N) is 1. The standard InChI is InChI=1S/C12H14N2O/c1-8(15)11(13)10-6-2-4-9-5-3-7-14-12(9)10/h2-8,11,15H,13H2,1H3/t8-,11+/m1/s1. The Bertz CT molecular complexity index is 463. The maximum Gasteiger partial charge on any atom is 0.0750 e. The molecule has 0 fully saturated rings. The summed E-state index contributed by atoms with van der Waals surface area (Å²) in [5.74, 6) is 0. The lowest BCUT2D eigenvalue weighted by Gasteiger charge is -2.16. The molecule has 0 unspecified atom stereocenters. The average molecular weight is 202 g/mol. The van der Waals surface area contributed by atoms with E-state index in [0.717, 1.165) is 16.5 Å². The first-order chi connectivity index (χ1) is 7.20. The van der Waals surface area contributed by atoms with Crippen molar-refractivity contribution in [2.75, 3.05) is 0 Å². The molecule has 0 spiro atoms. The average Bonchev–Trinajstić information content (AvgIpc) is 2.27. The van der Waals surface area contributed by atoms with Crippen LogP contribution >= 0.6 is 0 Å². The molecule has 78 valence electrons. The minimum absolute atomic E-state index is 0.386. The van der Waals surface area contributed by atoms with Crippen LogP contribution in [0.2, 0.25) is 0 Å². The van der Waals surface area contributed by atoms with Gasteiger partial charge in [-0.2, -0.15) is 0 Å². The van der Waals surface area contributed by atoms with Crippen LogP contribution in [0, 0.1) is 0 Å². The molecule has 0 radical (unpaired) electrons. The lowest BCUT2D eigenvalue weighted by atomic mass is 10.00. The molecule has 15 heavy (non-hydrogen) atoms. The van der Waals surface area contributed by atoms with Crippen LogP contribution in [-0.2, 0) is 0 Å². The molecule has 3 N–H and O–H groups in total. The largest absolute Gasteiger partial charge is 0.391 e. The molecule has 0 bridgehead atoms. The van der Waals surface area contributed by atoms with Crippen molar-refractivity contribution in [3.05, 3.63) is 42.1 Å². The Hall–Kier alpha value is -1.45. The lowest BCUT2D eigenvalue weighted by molar-refractivity contribution is 0.165. The summed E-state index contributed by atoms with van der Waals surface area (Å²) >= 11 is 0. The van der Waals surface area contributed by atoms with Crippen molar-refractivity contribution >= 4 is 10.9 Å². The minimum Gasteiger partial charge on any atom is -0.391 e. The van der Waals surface area contributed by atoms with E-state index in [2.05, 4.69) is 4.98 Å². The first kappa shape index (κ1) is 10.1. The van der Waals surface area contributed by atoms with Gasteiger partial charge < -0.3 is 10.8 Å². The second-order valence-corrected chi connectivity index (χ2v) is 3.69. The number of benzene rings is 1. The molecule has 3 heteroatoms. The van der Waals surface area contributed by atoms with E-state index >= 15 is 0 Å². The maximum atomic E-state index is 9.48. The van der Waals surface area contributed by atoms with Gasteiger partial charge in [-0.1, -0.05) is 24.3 Å². The van der Waals surface area contributed by atoms with Crippen molar-refractivity contribution in [3.8, 4) is 0 Å². The van der Waals surface area contributed by atoms with E-state index in [0.29, 0.717) is 0 Å². The van der Waals surface area contributed by atoms with Gasteiger partial charge in [-0.25, -0.2) is 0 Å². The van der Waals surface area contributed by atoms with E-state index in [4.69, 9.17) is 5.73 Å². The monoisotopic (exact) mass is 202 g/mol. The van der Waals surface area contributed by atoms with Gasteiger partial charge in [0.05, 0.1) is 17.7 Å². The predicted molar refractivity (Wildman–Crippen MR) is 60.4 cm³/mol. The zero-order valence-electron chi connectivity index (χ0n) is 8.59. The summed E-state index contributed by atoms with van der Waals surface area (Å²) in [6, 6.07) is 9.32. The number of hydrogen-bond acceptors (Lipinski definition) is 3. The molecular formula is C12H14N2O. The van der Waals surface area contributed by atoms with Crippen LogP contribution in [-0.4, -0.2) is 16.2 Å². The van der Waals surface area contributed by atoms with Crippen LogP contribution in [0.4, 0.5) is 0 Å². The third-order valence-corrected chi connectivity index (χ3v) is 2.54. The van der Waals surface area contributed by atoms with E-state index in [-0.39, 0.29) is 6.04 Å². The van der Waals surface area contributed by atoms with Gasteiger partial charge >= 0.3 is 0 Å². The number of hydrogen-bond donors (Lipinski definition) is 2. The van der Waals surface area contributed by atoms with Gasteiger partial charge in [-0.3, -0.25) is 4.98 Å². The van der Waals surface area contributed by atoms with Crippen LogP contribution in [0.25, 0.3) is 10.9 Å². The van der Waals surface area contributed by atoms with Crippen LogP contribution in [0.15, 0.2) is 36.5 Å². The van der Waals surface area contributed by atoms with E-state index in [1.54, 1.807) is 13.1 Å². The Morgan fingerprint density at radius 2 is 2.00 bits per heavy atom. The first-order valence-corrected chi connectivity index (χ1v) is 4.97. The number of aliphatic hydroxyl groups excluding tert-OH is 1. The predicted octanol–water partition coefficient (Wildman–Crippen LogP) is 1.62. The quantitative estimate of drug-likeness (QED) is 0.778.